The summed E-state index contributed by atoms with van der Waals surface area (Å²) in [5.41, 5.74) is 1.62. The summed E-state index contributed by atoms with van der Waals surface area (Å²) in [5, 5.41) is 12.1. The third-order valence-corrected chi connectivity index (χ3v) is 3.32. The maximum Gasteiger partial charge on any atom is 0.128 e. The normalized spacial score (nSPS) is 9.90. The van der Waals surface area contributed by atoms with Gasteiger partial charge in [-0.3, -0.25) is 0 Å². The monoisotopic (exact) mass is 334 g/mol. The Kier molecular flexibility index (Phi) is 4.59. The van der Waals surface area contributed by atoms with Crippen molar-refractivity contribution in [2.75, 3.05) is 12.4 Å². The van der Waals surface area contributed by atoms with Crippen LogP contribution < -0.4 is 10.1 Å². The smallest absolute Gasteiger partial charge is 0.128 e. The van der Waals surface area contributed by atoms with Crippen LogP contribution in [0.2, 0.25) is 0 Å². The SMILES string of the molecule is COc1ccc(C#N)c(NCc2cc(Br)ccc2F)c1. The lowest BCUT2D eigenvalue weighted by Crippen LogP contribution is -2.03. The number of hydrogen-bond donors (Lipinski definition) is 1. The van der Waals surface area contributed by atoms with E-state index in [9.17, 15) is 4.39 Å². The summed E-state index contributed by atoms with van der Waals surface area (Å²) in [6.07, 6.45) is 0. The van der Waals surface area contributed by atoms with E-state index in [4.69, 9.17) is 10.00 Å². The molecule has 0 heterocycles. The van der Waals surface area contributed by atoms with Crippen molar-refractivity contribution in [2.24, 2.45) is 0 Å². The molecule has 5 heteroatoms. The van der Waals surface area contributed by atoms with Crippen LogP contribution in [0.25, 0.3) is 0 Å². The minimum Gasteiger partial charge on any atom is -0.497 e. The summed E-state index contributed by atoms with van der Waals surface area (Å²) in [4.78, 5) is 0. The largest absolute Gasteiger partial charge is 0.497 e. The van der Waals surface area contributed by atoms with Crippen molar-refractivity contribution in [3.63, 3.8) is 0 Å². The molecule has 102 valence electrons. The van der Waals surface area contributed by atoms with E-state index >= 15 is 0 Å². The minimum absolute atomic E-state index is 0.285. The molecule has 20 heavy (non-hydrogen) atoms. The molecule has 0 bridgehead atoms. The molecule has 1 N–H and O–H groups in total. The lowest BCUT2D eigenvalue weighted by Gasteiger charge is -2.11. The number of methoxy groups -OCH3 is 1. The first-order valence-electron chi connectivity index (χ1n) is 5.90. The van der Waals surface area contributed by atoms with Crippen LogP contribution in [0.4, 0.5) is 10.1 Å². The van der Waals surface area contributed by atoms with Crippen LogP contribution in [0.3, 0.4) is 0 Å². The third kappa shape index (κ3) is 3.28. The number of ether oxygens (including phenoxy) is 1. The first-order valence-corrected chi connectivity index (χ1v) is 6.69. The molecular formula is C15H12BrFN2O. The highest BCUT2D eigenvalue weighted by Gasteiger charge is 2.06. The van der Waals surface area contributed by atoms with E-state index in [-0.39, 0.29) is 12.4 Å². The number of halogens is 2. The van der Waals surface area contributed by atoms with E-state index < -0.39 is 0 Å². The zero-order valence-electron chi connectivity index (χ0n) is 10.8. The van der Waals surface area contributed by atoms with Crippen LogP contribution in [0, 0.1) is 17.1 Å². The lowest BCUT2D eigenvalue weighted by atomic mass is 10.1. The third-order valence-electron chi connectivity index (χ3n) is 2.82. The Bertz CT molecular complexity index is 667. The number of rotatable bonds is 4. The molecule has 2 aromatic rings. The van der Waals surface area contributed by atoms with Gasteiger partial charge in [-0.15, -0.1) is 0 Å². The average Bonchev–Trinajstić information content (AvgIpc) is 2.47. The van der Waals surface area contributed by atoms with E-state index in [0.717, 1.165) is 4.47 Å². The summed E-state index contributed by atoms with van der Waals surface area (Å²) in [7, 11) is 1.55. The van der Waals surface area contributed by atoms with Gasteiger partial charge >= 0.3 is 0 Å². The molecular weight excluding hydrogens is 323 g/mol. The Labute approximate surface area is 125 Å². The molecule has 3 nitrogen and oxygen atoms in total. The van der Waals surface area contributed by atoms with Gasteiger partial charge in [-0.2, -0.15) is 5.26 Å². The van der Waals surface area contributed by atoms with E-state index in [1.54, 1.807) is 37.4 Å². The average molecular weight is 335 g/mol. The van der Waals surface area contributed by atoms with Crippen molar-refractivity contribution in [1.82, 2.24) is 0 Å². The molecule has 0 spiro atoms. The second-order valence-electron chi connectivity index (χ2n) is 4.11. The fourth-order valence-corrected chi connectivity index (χ4v) is 2.17. The van der Waals surface area contributed by atoms with Crippen LogP contribution in [0.1, 0.15) is 11.1 Å². The molecule has 0 saturated heterocycles. The highest BCUT2D eigenvalue weighted by Crippen LogP contribution is 2.23. The molecule has 0 fully saturated rings. The Balaban J connectivity index is 2.22. The summed E-state index contributed by atoms with van der Waals surface area (Å²) < 4.78 is 19.6. The predicted octanol–water partition coefficient (Wildman–Crippen LogP) is 4.08. The fourth-order valence-electron chi connectivity index (χ4n) is 1.76. The molecule has 0 aliphatic heterocycles. The van der Waals surface area contributed by atoms with Crippen LogP contribution in [-0.2, 0) is 6.54 Å². The zero-order valence-corrected chi connectivity index (χ0v) is 12.4. The first-order chi connectivity index (χ1) is 9.63. The Morgan fingerprint density at radius 1 is 1.30 bits per heavy atom. The van der Waals surface area contributed by atoms with Gasteiger partial charge in [0.2, 0.25) is 0 Å². The highest BCUT2D eigenvalue weighted by molar-refractivity contribution is 9.10. The molecule has 0 saturated carbocycles. The maximum atomic E-state index is 13.6. The summed E-state index contributed by atoms with van der Waals surface area (Å²) in [5.74, 6) is 0.350. The maximum absolute atomic E-state index is 13.6. The number of hydrogen-bond acceptors (Lipinski definition) is 3. The van der Waals surface area contributed by atoms with Gasteiger partial charge < -0.3 is 10.1 Å². The first kappa shape index (κ1) is 14.4. The van der Waals surface area contributed by atoms with Gasteiger partial charge in [-0.25, -0.2) is 4.39 Å². The van der Waals surface area contributed by atoms with Gasteiger partial charge in [-0.05, 0) is 30.3 Å². The van der Waals surface area contributed by atoms with Gasteiger partial charge in [0, 0.05) is 22.6 Å². The van der Waals surface area contributed by atoms with E-state index in [1.807, 2.05) is 0 Å². The van der Waals surface area contributed by atoms with Gasteiger partial charge in [0.25, 0.3) is 0 Å². The number of nitrogens with one attached hydrogen (secondary N) is 1. The van der Waals surface area contributed by atoms with Crippen molar-refractivity contribution in [3.05, 3.63) is 57.8 Å². The van der Waals surface area contributed by atoms with Crippen molar-refractivity contribution < 1.29 is 9.13 Å². The van der Waals surface area contributed by atoms with Crippen molar-refractivity contribution >= 4 is 21.6 Å². The highest BCUT2D eigenvalue weighted by atomic mass is 79.9. The predicted molar refractivity (Wildman–Crippen MR) is 79.1 cm³/mol. The molecule has 0 amide bonds. The second-order valence-corrected chi connectivity index (χ2v) is 5.03. The molecule has 0 atom stereocenters. The Morgan fingerprint density at radius 2 is 2.10 bits per heavy atom. The molecule has 2 aromatic carbocycles. The summed E-state index contributed by atoms with van der Waals surface area (Å²) in [6.45, 7) is 0.285. The molecule has 0 aliphatic rings. The molecule has 0 aromatic heterocycles. The number of benzene rings is 2. The molecule has 2 rings (SSSR count). The van der Waals surface area contributed by atoms with Crippen LogP contribution in [-0.4, -0.2) is 7.11 Å². The van der Waals surface area contributed by atoms with E-state index in [0.29, 0.717) is 22.6 Å². The Morgan fingerprint density at radius 3 is 2.80 bits per heavy atom. The summed E-state index contributed by atoms with van der Waals surface area (Å²) in [6, 6.07) is 11.9. The van der Waals surface area contributed by atoms with Crippen LogP contribution in [0.5, 0.6) is 5.75 Å². The van der Waals surface area contributed by atoms with Crippen molar-refractivity contribution in [2.45, 2.75) is 6.54 Å². The molecule has 0 unspecified atom stereocenters. The van der Waals surface area contributed by atoms with E-state index in [2.05, 4.69) is 27.3 Å². The van der Waals surface area contributed by atoms with Crippen molar-refractivity contribution in [3.8, 4) is 11.8 Å². The fraction of sp³-hybridized carbons (Fsp3) is 0.133. The van der Waals surface area contributed by atoms with Crippen LogP contribution >= 0.6 is 15.9 Å². The van der Waals surface area contributed by atoms with Gasteiger partial charge in [0.05, 0.1) is 18.4 Å². The zero-order chi connectivity index (χ0) is 14.5. The van der Waals surface area contributed by atoms with Gasteiger partial charge in [0.1, 0.15) is 17.6 Å². The number of nitrogens with zero attached hydrogens (tertiary/aromatic N) is 1. The Hall–Kier alpha value is -2.06. The number of anilines is 1. The molecule has 0 aliphatic carbocycles. The molecule has 0 radical (unpaired) electrons. The standard InChI is InChI=1S/C15H12BrFN2O/c1-20-13-4-2-10(8-18)15(7-13)19-9-11-6-12(16)3-5-14(11)17/h2-7,19H,9H2,1H3. The lowest BCUT2D eigenvalue weighted by molar-refractivity contribution is 0.415. The van der Waals surface area contributed by atoms with Crippen LogP contribution in [0.15, 0.2) is 40.9 Å². The topological polar surface area (TPSA) is 45.0 Å². The van der Waals surface area contributed by atoms with E-state index in [1.165, 1.54) is 6.07 Å². The van der Waals surface area contributed by atoms with Crippen molar-refractivity contribution in [1.29, 1.82) is 5.26 Å². The quantitative estimate of drug-likeness (QED) is 0.916. The van der Waals surface area contributed by atoms with Gasteiger partial charge in [-0.1, -0.05) is 15.9 Å². The van der Waals surface area contributed by atoms with Gasteiger partial charge in [0.15, 0.2) is 0 Å². The number of nitriles is 1. The summed E-state index contributed by atoms with van der Waals surface area (Å²) >= 11 is 3.31. The second kappa shape index (κ2) is 6.40. The minimum atomic E-state index is -0.290.